The quantitative estimate of drug-likeness (QED) is 0.793. The van der Waals surface area contributed by atoms with E-state index in [-0.39, 0.29) is 11.9 Å². The first-order chi connectivity index (χ1) is 10.6. The Labute approximate surface area is 133 Å². The van der Waals surface area contributed by atoms with Crippen LogP contribution in [0.1, 0.15) is 35.6 Å². The first-order valence-electron chi connectivity index (χ1n) is 7.45. The Morgan fingerprint density at radius 2 is 2.09 bits per heavy atom. The highest BCUT2D eigenvalue weighted by Crippen LogP contribution is 2.30. The fraction of sp³-hybridized carbons (Fsp3) is 0.294. The van der Waals surface area contributed by atoms with Crippen LogP contribution in [0.15, 0.2) is 36.4 Å². The standard InChI is InChI=1S/C17H19N3OS/c1-4-11(2)18-16(21)15-10-14-12(3)19-20(17(14)22-15)13-8-6-5-7-9-13/h5-11H,4H2,1-3H3,(H,18,21)/t11-/m0/s1. The highest BCUT2D eigenvalue weighted by molar-refractivity contribution is 7.20. The van der Waals surface area contributed by atoms with Crippen molar-refractivity contribution in [3.63, 3.8) is 0 Å². The van der Waals surface area contributed by atoms with Crippen molar-refractivity contribution in [1.82, 2.24) is 15.1 Å². The second-order valence-electron chi connectivity index (χ2n) is 5.44. The van der Waals surface area contributed by atoms with Gasteiger partial charge in [-0.3, -0.25) is 4.79 Å². The molecule has 1 amide bonds. The van der Waals surface area contributed by atoms with Gasteiger partial charge in [-0.05, 0) is 38.5 Å². The molecule has 3 aromatic rings. The van der Waals surface area contributed by atoms with Crippen LogP contribution in [0.25, 0.3) is 15.9 Å². The van der Waals surface area contributed by atoms with Crippen molar-refractivity contribution in [2.24, 2.45) is 0 Å². The maximum atomic E-state index is 12.3. The van der Waals surface area contributed by atoms with Crippen molar-refractivity contribution in [3.8, 4) is 5.69 Å². The molecule has 2 heterocycles. The highest BCUT2D eigenvalue weighted by atomic mass is 32.1. The van der Waals surface area contributed by atoms with Crippen LogP contribution >= 0.6 is 11.3 Å². The zero-order valence-electron chi connectivity index (χ0n) is 13.0. The van der Waals surface area contributed by atoms with Crippen molar-refractivity contribution in [3.05, 3.63) is 47.0 Å². The molecule has 1 atom stereocenters. The lowest BCUT2D eigenvalue weighted by Gasteiger charge is -2.09. The summed E-state index contributed by atoms with van der Waals surface area (Å²) in [5.74, 6) is -0.00504. The fourth-order valence-electron chi connectivity index (χ4n) is 2.30. The minimum Gasteiger partial charge on any atom is -0.349 e. The molecule has 114 valence electrons. The van der Waals surface area contributed by atoms with E-state index in [9.17, 15) is 4.79 Å². The van der Waals surface area contributed by atoms with Crippen LogP contribution < -0.4 is 5.32 Å². The van der Waals surface area contributed by atoms with Gasteiger partial charge < -0.3 is 5.32 Å². The summed E-state index contributed by atoms with van der Waals surface area (Å²) in [6.45, 7) is 6.06. The topological polar surface area (TPSA) is 46.9 Å². The van der Waals surface area contributed by atoms with E-state index >= 15 is 0 Å². The van der Waals surface area contributed by atoms with Crippen molar-refractivity contribution in [1.29, 1.82) is 0 Å². The number of carbonyl (C=O) groups excluding carboxylic acids is 1. The van der Waals surface area contributed by atoms with Crippen molar-refractivity contribution >= 4 is 27.5 Å². The summed E-state index contributed by atoms with van der Waals surface area (Å²) in [7, 11) is 0. The number of fused-ring (bicyclic) bond motifs is 1. The Kier molecular flexibility index (Phi) is 3.98. The van der Waals surface area contributed by atoms with Crippen LogP contribution in [0.4, 0.5) is 0 Å². The van der Waals surface area contributed by atoms with E-state index in [1.54, 1.807) is 0 Å². The van der Waals surface area contributed by atoms with Crippen molar-refractivity contribution in [2.75, 3.05) is 0 Å². The molecule has 2 aromatic heterocycles. The van der Waals surface area contributed by atoms with Crippen LogP contribution in [-0.4, -0.2) is 21.7 Å². The monoisotopic (exact) mass is 313 g/mol. The second kappa shape index (κ2) is 5.93. The van der Waals surface area contributed by atoms with Crippen LogP contribution in [0.2, 0.25) is 0 Å². The molecule has 0 aliphatic heterocycles. The number of benzene rings is 1. The number of amides is 1. The summed E-state index contributed by atoms with van der Waals surface area (Å²) >= 11 is 1.49. The summed E-state index contributed by atoms with van der Waals surface area (Å²) in [5, 5.41) is 8.65. The van der Waals surface area contributed by atoms with Crippen LogP contribution in [-0.2, 0) is 0 Å². The second-order valence-corrected chi connectivity index (χ2v) is 6.48. The van der Waals surface area contributed by atoms with Gasteiger partial charge in [0, 0.05) is 11.4 Å². The van der Waals surface area contributed by atoms with Gasteiger partial charge in [0.25, 0.3) is 5.91 Å². The zero-order chi connectivity index (χ0) is 15.7. The fourth-order valence-corrected chi connectivity index (χ4v) is 3.39. The van der Waals surface area contributed by atoms with Gasteiger partial charge in [-0.25, -0.2) is 4.68 Å². The maximum Gasteiger partial charge on any atom is 0.261 e. The predicted octanol–water partition coefficient (Wildman–Crippen LogP) is 3.92. The maximum absolute atomic E-state index is 12.3. The molecule has 0 aliphatic carbocycles. The van der Waals surface area contributed by atoms with Crippen LogP contribution in [0.5, 0.6) is 0 Å². The van der Waals surface area contributed by atoms with E-state index in [0.29, 0.717) is 0 Å². The molecular formula is C17H19N3OS. The number of aromatic nitrogens is 2. The Balaban J connectivity index is 2.02. The number of thiophene rings is 1. The third-order valence-electron chi connectivity index (χ3n) is 3.76. The number of nitrogens with one attached hydrogen (secondary N) is 1. The largest absolute Gasteiger partial charge is 0.349 e. The number of hydrogen-bond donors (Lipinski definition) is 1. The lowest BCUT2D eigenvalue weighted by Crippen LogP contribution is -2.31. The Morgan fingerprint density at radius 3 is 2.77 bits per heavy atom. The van der Waals surface area contributed by atoms with E-state index < -0.39 is 0 Å². The molecule has 0 saturated heterocycles. The Morgan fingerprint density at radius 1 is 1.36 bits per heavy atom. The van der Waals surface area contributed by atoms with Crippen molar-refractivity contribution < 1.29 is 4.79 Å². The molecular weight excluding hydrogens is 294 g/mol. The van der Waals surface area contributed by atoms with Gasteiger partial charge in [-0.15, -0.1) is 11.3 Å². The third-order valence-corrected chi connectivity index (χ3v) is 4.87. The number of aryl methyl sites for hydroxylation is 1. The van der Waals surface area contributed by atoms with Gasteiger partial charge in [-0.2, -0.15) is 5.10 Å². The molecule has 5 heteroatoms. The first kappa shape index (κ1) is 14.8. The van der Waals surface area contributed by atoms with Gasteiger partial charge >= 0.3 is 0 Å². The molecule has 1 N–H and O–H groups in total. The molecule has 0 unspecified atom stereocenters. The third kappa shape index (κ3) is 2.64. The SMILES string of the molecule is CC[C@H](C)NC(=O)c1cc2c(C)nn(-c3ccccc3)c2s1. The number of carbonyl (C=O) groups is 1. The van der Waals surface area contributed by atoms with Gasteiger partial charge in [0.05, 0.1) is 16.3 Å². The molecule has 22 heavy (non-hydrogen) atoms. The average Bonchev–Trinajstić information content (AvgIpc) is 3.09. The lowest BCUT2D eigenvalue weighted by atomic mass is 10.2. The number of hydrogen-bond acceptors (Lipinski definition) is 3. The van der Waals surface area contributed by atoms with E-state index in [0.717, 1.165) is 32.9 Å². The molecule has 0 radical (unpaired) electrons. The molecule has 0 aliphatic rings. The molecule has 0 spiro atoms. The highest BCUT2D eigenvalue weighted by Gasteiger charge is 2.17. The molecule has 1 aromatic carbocycles. The number of rotatable bonds is 4. The summed E-state index contributed by atoms with van der Waals surface area (Å²) in [6, 6.07) is 12.1. The zero-order valence-corrected chi connectivity index (χ0v) is 13.8. The van der Waals surface area contributed by atoms with E-state index in [1.165, 1.54) is 11.3 Å². The van der Waals surface area contributed by atoms with E-state index in [4.69, 9.17) is 0 Å². The summed E-state index contributed by atoms with van der Waals surface area (Å²) < 4.78 is 1.91. The average molecular weight is 313 g/mol. The summed E-state index contributed by atoms with van der Waals surface area (Å²) in [5.41, 5.74) is 1.95. The minimum absolute atomic E-state index is 0.00504. The first-order valence-corrected chi connectivity index (χ1v) is 8.27. The number of para-hydroxylation sites is 1. The van der Waals surface area contributed by atoms with Gasteiger partial charge in [0.2, 0.25) is 0 Å². The Bertz CT molecular complexity index is 804. The molecule has 0 saturated carbocycles. The Hall–Kier alpha value is -2.14. The van der Waals surface area contributed by atoms with E-state index in [1.807, 2.05) is 54.9 Å². The van der Waals surface area contributed by atoms with E-state index in [2.05, 4.69) is 17.3 Å². The van der Waals surface area contributed by atoms with Gasteiger partial charge in [0.1, 0.15) is 4.83 Å². The summed E-state index contributed by atoms with van der Waals surface area (Å²) in [4.78, 5) is 14.1. The number of nitrogens with zero attached hydrogens (tertiary/aromatic N) is 2. The molecule has 4 nitrogen and oxygen atoms in total. The van der Waals surface area contributed by atoms with Gasteiger partial charge in [0.15, 0.2) is 0 Å². The van der Waals surface area contributed by atoms with Gasteiger partial charge in [-0.1, -0.05) is 25.1 Å². The predicted molar refractivity (Wildman–Crippen MR) is 90.9 cm³/mol. The molecule has 0 fully saturated rings. The normalized spacial score (nSPS) is 12.5. The van der Waals surface area contributed by atoms with Crippen LogP contribution in [0, 0.1) is 6.92 Å². The van der Waals surface area contributed by atoms with Crippen LogP contribution in [0.3, 0.4) is 0 Å². The minimum atomic E-state index is -0.00504. The molecule has 0 bridgehead atoms. The summed E-state index contributed by atoms with van der Waals surface area (Å²) in [6.07, 6.45) is 0.924. The smallest absolute Gasteiger partial charge is 0.261 e. The molecule has 3 rings (SSSR count). The van der Waals surface area contributed by atoms with Crippen molar-refractivity contribution in [2.45, 2.75) is 33.2 Å². The lowest BCUT2D eigenvalue weighted by molar-refractivity contribution is 0.0943.